The second kappa shape index (κ2) is 12.1. The summed E-state index contributed by atoms with van der Waals surface area (Å²) in [6.07, 6.45) is 2.72. The van der Waals surface area contributed by atoms with Gasteiger partial charge in [-0.05, 0) is 77.3 Å². The monoisotopic (exact) mass is 585 g/mol. The SMILES string of the molecule is Cc1cc(-c2ccc(C(=O)CS(=O)(=O)c3cccc(N)n3)c(N3C[C@@H](C)CC3(C)C)n2)cnc1OCCOC(C)C.[HH].[HH]. The van der Waals surface area contributed by atoms with Crippen LogP contribution in [-0.4, -0.2) is 66.3 Å². The fraction of sp³-hybridized carbons (Fsp3) is 0.467. The minimum atomic E-state index is -4.02. The van der Waals surface area contributed by atoms with Crippen LogP contribution in [-0.2, 0) is 14.6 Å². The normalized spacial score (nSPS) is 16.8. The Balaban J connectivity index is 0.00000323. The lowest BCUT2D eigenvalue weighted by Gasteiger charge is -2.34. The van der Waals surface area contributed by atoms with Crippen molar-refractivity contribution in [2.75, 3.05) is 36.1 Å². The molecule has 1 aliphatic heterocycles. The first-order valence-corrected chi connectivity index (χ1v) is 15.4. The Morgan fingerprint density at radius 1 is 1.20 bits per heavy atom. The number of aryl methyl sites for hydroxylation is 1. The van der Waals surface area contributed by atoms with Crippen molar-refractivity contribution in [2.45, 2.75) is 64.6 Å². The molecule has 3 aromatic heterocycles. The zero-order valence-electron chi connectivity index (χ0n) is 24.5. The number of nitrogens with zero attached hydrogens (tertiary/aromatic N) is 4. The molecule has 3 aromatic rings. The molecule has 1 atom stereocenters. The molecular formula is C30H43N5O5S. The summed E-state index contributed by atoms with van der Waals surface area (Å²) in [7, 11) is -4.02. The van der Waals surface area contributed by atoms with Crippen molar-refractivity contribution in [1.29, 1.82) is 0 Å². The van der Waals surface area contributed by atoms with Gasteiger partial charge in [0.2, 0.25) is 15.7 Å². The Labute approximate surface area is 245 Å². The molecule has 11 heteroatoms. The van der Waals surface area contributed by atoms with E-state index in [4.69, 9.17) is 20.2 Å². The second-order valence-corrected chi connectivity index (χ2v) is 13.4. The highest BCUT2D eigenvalue weighted by atomic mass is 32.2. The van der Waals surface area contributed by atoms with Crippen LogP contribution in [0.2, 0.25) is 0 Å². The van der Waals surface area contributed by atoms with Gasteiger partial charge in [0, 0.05) is 32.3 Å². The molecular weight excluding hydrogens is 542 g/mol. The van der Waals surface area contributed by atoms with E-state index >= 15 is 0 Å². The van der Waals surface area contributed by atoms with Crippen molar-refractivity contribution < 1.29 is 25.5 Å². The number of carbonyl (C=O) groups excluding carboxylic acids is 1. The zero-order chi connectivity index (χ0) is 29.9. The molecule has 0 saturated carbocycles. The molecule has 0 aromatic carbocycles. The van der Waals surface area contributed by atoms with E-state index in [0.717, 1.165) is 17.5 Å². The Morgan fingerprint density at radius 3 is 2.59 bits per heavy atom. The Morgan fingerprint density at radius 2 is 1.95 bits per heavy atom. The first kappa shape index (κ1) is 30.4. The zero-order valence-corrected chi connectivity index (χ0v) is 25.4. The van der Waals surface area contributed by atoms with Gasteiger partial charge in [0.15, 0.2) is 10.8 Å². The lowest BCUT2D eigenvalue weighted by molar-refractivity contribution is 0.0541. The van der Waals surface area contributed by atoms with Crippen molar-refractivity contribution in [3.63, 3.8) is 0 Å². The van der Waals surface area contributed by atoms with Crippen molar-refractivity contribution in [2.24, 2.45) is 5.92 Å². The average Bonchev–Trinajstić information content (AvgIpc) is 3.18. The third kappa shape index (κ3) is 7.20. The van der Waals surface area contributed by atoms with Crippen LogP contribution in [0.25, 0.3) is 11.3 Å². The van der Waals surface area contributed by atoms with Gasteiger partial charge in [-0.2, -0.15) is 0 Å². The molecule has 1 fully saturated rings. The molecule has 4 heterocycles. The Bertz CT molecular complexity index is 1540. The van der Waals surface area contributed by atoms with Gasteiger partial charge in [-0.25, -0.2) is 23.4 Å². The highest BCUT2D eigenvalue weighted by molar-refractivity contribution is 7.92. The van der Waals surface area contributed by atoms with Crippen molar-refractivity contribution in [1.82, 2.24) is 15.0 Å². The van der Waals surface area contributed by atoms with Gasteiger partial charge in [0.05, 0.1) is 24.0 Å². The van der Waals surface area contributed by atoms with Gasteiger partial charge in [-0.3, -0.25) is 4.79 Å². The van der Waals surface area contributed by atoms with Crippen LogP contribution in [0.1, 0.15) is 59.8 Å². The summed E-state index contributed by atoms with van der Waals surface area (Å²) in [5.41, 5.74) is 7.87. The van der Waals surface area contributed by atoms with Gasteiger partial charge >= 0.3 is 0 Å². The minimum Gasteiger partial charge on any atom is -0.475 e. The summed E-state index contributed by atoms with van der Waals surface area (Å²) in [5.74, 6) is 0.125. The summed E-state index contributed by atoms with van der Waals surface area (Å²) in [4.78, 5) is 29.0. The minimum absolute atomic E-state index is 0. The molecule has 0 spiro atoms. The standard InChI is InChI=1S/C30H39N5O5S.2H2/c1-19(2)39-12-13-40-29-21(4)14-22(16-32-29)24-11-10-23(28(33-24)35-17-20(3)15-30(35,5)6)25(36)18-41(37,38)27-9-7-8-26(31)34-27;;/h7-11,14,16,19-20H,12-13,15,17-18H2,1-6H3,(H2,31,34);2*1H/t20-;;/m0../s1. The van der Waals surface area contributed by atoms with Crippen molar-refractivity contribution in [3.05, 3.63) is 53.7 Å². The highest BCUT2D eigenvalue weighted by Gasteiger charge is 2.39. The van der Waals surface area contributed by atoms with Crippen LogP contribution in [0.5, 0.6) is 5.88 Å². The fourth-order valence-corrected chi connectivity index (χ4v) is 6.37. The number of rotatable bonds is 11. The number of hydrogen-bond donors (Lipinski definition) is 1. The fourth-order valence-electron chi connectivity index (χ4n) is 5.20. The number of aromatic nitrogens is 3. The summed E-state index contributed by atoms with van der Waals surface area (Å²) in [5, 5.41) is -0.230. The molecule has 0 aliphatic carbocycles. The number of Topliss-reactive ketones (excluding diaryl/α,β-unsaturated/α-hetero) is 1. The maximum atomic E-state index is 13.6. The first-order valence-electron chi connectivity index (χ1n) is 13.8. The molecule has 224 valence electrons. The van der Waals surface area contributed by atoms with Crippen molar-refractivity contribution in [3.8, 4) is 17.1 Å². The van der Waals surface area contributed by atoms with Gasteiger partial charge in [0.25, 0.3) is 0 Å². The van der Waals surface area contributed by atoms with E-state index in [2.05, 4.69) is 35.6 Å². The van der Waals surface area contributed by atoms with E-state index in [9.17, 15) is 13.2 Å². The maximum Gasteiger partial charge on any atom is 0.216 e. The molecule has 0 amide bonds. The number of anilines is 2. The predicted molar refractivity (Wildman–Crippen MR) is 163 cm³/mol. The van der Waals surface area contributed by atoms with Crippen LogP contribution in [0, 0.1) is 12.8 Å². The molecule has 10 nitrogen and oxygen atoms in total. The van der Waals surface area contributed by atoms with E-state index in [1.807, 2.05) is 26.8 Å². The number of carbonyl (C=O) groups is 1. The van der Waals surface area contributed by atoms with E-state index in [0.29, 0.717) is 43.1 Å². The van der Waals surface area contributed by atoms with E-state index in [1.165, 1.54) is 18.2 Å². The van der Waals surface area contributed by atoms with Gasteiger partial charge < -0.3 is 20.1 Å². The number of nitrogens with two attached hydrogens (primary N) is 1. The summed E-state index contributed by atoms with van der Waals surface area (Å²) < 4.78 is 37.4. The topological polar surface area (TPSA) is 138 Å². The molecule has 1 aliphatic rings. The quantitative estimate of drug-likeness (QED) is 0.241. The number of ether oxygens (including phenoxy) is 2. The summed E-state index contributed by atoms with van der Waals surface area (Å²) >= 11 is 0. The molecule has 41 heavy (non-hydrogen) atoms. The van der Waals surface area contributed by atoms with Crippen LogP contribution < -0.4 is 15.4 Å². The molecule has 0 unspecified atom stereocenters. The largest absolute Gasteiger partial charge is 0.475 e. The molecule has 0 bridgehead atoms. The van der Waals surface area contributed by atoms with Crippen molar-refractivity contribution >= 4 is 27.3 Å². The first-order chi connectivity index (χ1) is 19.3. The van der Waals surface area contributed by atoms with E-state index in [-0.39, 0.29) is 30.9 Å². The predicted octanol–water partition coefficient (Wildman–Crippen LogP) is 5.01. The van der Waals surface area contributed by atoms with Crippen LogP contribution >= 0.6 is 0 Å². The molecule has 1 saturated heterocycles. The Kier molecular flexibility index (Phi) is 8.98. The third-order valence-electron chi connectivity index (χ3n) is 6.99. The smallest absolute Gasteiger partial charge is 0.216 e. The number of ketones is 1. The highest BCUT2D eigenvalue weighted by Crippen LogP contribution is 2.38. The average molecular weight is 586 g/mol. The lowest BCUT2D eigenvalue weighted by Crippen LogP contribution is -2.40. The third-order valence-corrected chi connectivity index (χ3v) is 8.50. The summed E-state index contributed by atoms with van der Waals surface area (Å²) in [6.45, 7) is 13.8. The van der Waals surface area contributed by atoms with Gasteiger partial charge in [-0.1, -0.05) is 13.0 Å². The van der Waals surface area contributed by atoms with E-state index in [1.54, 1.807) is 18.3 Å². The van der Waals surface area contributed by atoms with Gasteiger partial charge in [-0.15, -0.1) is 0 Å². The lowest BCUT2D eigenvalue weighted by atomic mass is 9.97. The second-order valence-electron chi connectivity index (χ2n) is 11.5. The number of nitrogen functional groups attached to an aromatic ring is 1. The number of pyridine rings is 3. The van der Waals surface area contributed by atoms with Crippen LogP contribution in [0.4, 0.5) is 11.6 Å². The maximum absolute atomic E-state index is 13.6. The van der Waals surface area contributed by atoms with Gasteiger partial charge in [0.1, 0.15) is 24.0 Å². The van der Waals surface area contributed by atoms with E-state index < -0.39 is 21.4 Å². The number of hydrogen-bond acceptors (Lipinski definition) is 10. The van der Waals surface area contributed by atoms with Crippen LogP contribution in [0.3, 0.4) is 0 Å². The summed E-state index contributed by atoms with van der Waals surface area (Å²) in [6, 6.07) is 9.65. The van der Waals surface area contributed by atoms with Crippen LogP contribution in [0.15, 0.2) is 47.6 Å². The number of sulfone groups is 1. The molecule has 2 N–H and O–H groups in total. The Hall–Kier alpha value is -3.57. The molecule has 0 radical (unpaired) electrons. The molecule has 4 rings (SSSR count).